The van der Waals surface area contributed by atoms with Gasteiger partial charge in [0.1, 0.15) is 12.3 Å². The molecule has 0 N–H and O–H groups in total. The zero-order chi connectivity index (χ0) is 19.3. The van der Waals surface area contributed by atoms with E-state index in [-0.39, 0.29) is 5.78 Å². The summed E-state index contributed by atoms with van der Waals surface area (Å²) < 4.78 is 11.5. The minimum atomic E-state index is -0.120. The standard InChI is InChI=1S/C24H19NO3/c1-27-21-14-19-12-13-25-23(24(26)18-10-6-3-7-11-18)20(19)15-22(21)28-16-17-8-4-2-5-9-17/h2-15H,16H2,1H3. The molecule has 1 aromatic heterocycles. The highest BCUT2D eigenvalue weighted by atomic mass is 16.5. The number of pyridine rings is 1. The number of benzene rings is 3. The van der Waals surface area contributed by atoms with E-state index in [9.17, 15) is 4.79 Å². The molecular weight excluding hydrogens is 350 g/mol. The van der Waals surface area contributed by atoms with Gasteiger partial charge in [-0.2, -0.15) is 0 Å². The fourth-order valence-corrected chi connectivity index (χ4v) is 3.10. The Morgan fingerprint density at radius 1 is 0.893 bits per heavy atom. The molecule has 1 heterocycles. The number of ketones is 1. The maximum absolute atomic E-state index is 13.0. The molecule has 0 aliphatic rings. The van der Waals surface area contributed by atoms with E-state index in [1.807, 2.05) is 66.7 Å². The Morgan fingerprint density at radius 2 is 1.61 bits per heavy atom. The molecule has 4 heteroatoms. The van der Waals surface area contributed by atoms with Crippen LogP contribution in [0.4, 0.5) is 0 Å². The highest BCUT2D eigenvalue weighted by Gasteiger charge is 2.17. The number of carbonyl (C=O) groups is 1. The van der Waals surface area contributed by atoms with Crippen LogP contribution in [0.25, 0.3) is 10.8 Å². The molecule has 0 aliphatic heterocycles. The van der Waals surface area contributed by atoms with Crippen molar-refractivity contribution in [3.63, 3.8) is 0 Å². The van der Waals surface area contributed by atoms with Crippen molar-refractivity contribution in [2.75, 3.05) is 7.11 Å². The molecule has 0 aliphatic carbocycles. The quantitative estimate of drug-likeness (QED) is 0.446. The Labute approximate surface area is 163 Å². The Kier molecular flexibility index (Phi) is 5.02. The van der Waals surface area contributed by atoms with Crippen LogP contribution in [-0.4, -0.2) is 17.9 Å². The molecule has 28 heavy (non-hydrogen) atoms. The molecule has 4 aromatic rings. The average molecular weight is 369 g/mol. The van der Waals surface area contributed by atoms with Crippen LogP contribution in [0.1, 0.15) is 21.6 Å². The molecular formula is C24H19NO3. The zero-order valence-corrected chi connectivity index (χ0v) is 15.5. The van der Waals surface area contributed by atoms with Crippen LogP contribution in [0.3, 0.4) is 0 Å². The first kappa shape index (κ1) is 17.7. The molecule has 0 fully saturated rings. The fourth-order valence-electron chi connectivity index (χ4n) is 3.10. The lowest BCUT2D eigenvalue weighted by atomic mass is 10.0. The molecule has 0 atom stereocenters. The van der Waals surface area contributed by atoms with E-state index in [0.29, 0.717) is 29.4 Å². The first-order chi connectivity index (χ1) is 13.8. The van der Waals surface area contributed by atoms with Gasteiger partial charge in [-0.25, -0.2) is 0 Å². The van der Waals surface area contributed by atoms with Gasteiger partial charge in [-0.1, -0.05) is 60.7 Å². The van der Waals surface area contributed by atoms with Crippen molar-refractivity contribution < 1.29 is 14.3 Å². The first-order valence-electron chi connectivity index (χ1n) is 8.99. The third kappa shape index (κ3) is 3.58. The zero-order valence-electron chi connectivity index (χ0n) is 15.5. The van der Waals surface area contributed by atoms with Crippen molar-refractivity contribution in [2.24, 2.45) is 0 Å². The summed E-state index contributed by atoms with van der Waals surface area (Å²) >= 11 is 0. The molecule has 0 saturated carbocycles. The van der Waals surface area contributed by atoms with E-state index in [0.717, 1.165) is 16.3 Å². The van der Waals surface area contributed by atoms with Crippen LogP contribution in [0.5, 0.6) is 11.5 Å². The summed E-state index contributed by atoms with van der Waals surface area (Å²) in [6.45, 7) is 0.408. The van der Waals surface area contributed by atoms with Crippen LogP contribution in [-0.2, 0) is 6.61 Å². The molecule has 3 aromatic carbocycles. The molecule has 0 spiro atoms. The van der Waals surface area contributed by atoms with Crippen molar-refractivity contribution in [3.8, 4) is 11.5 Å². The van der Waals surface area contributed by atoms with Crippen LogP contribution in [0.15, 0.2) is 85.1 Å². The summed E-state index contributed by atoms with van der Waals surface area (Å²) in [5, 5.41) is 1.61. The minimum absolute atomic E-state index is 0.120. The number of nitrogens with zero attached hydrogens (tertiary/aromatic N) is 1. The van der Waals surface area contributed by atoms with E-state index >= 15 is 0 Å². The average Bonchev–Trinajstić information content (AvgIpc) is 2.77. The van der Waals surface area contributed by atoms with Crippen molar-refractivity contribution >= 4 is 16.6 Å². The molecule has 0 radical (unpaired) electrons. The second-order valence-electron chi connectivity index (χ2n) is 6.35. The van der Waals surface area contributed by atoms with Crippen molar-refractivity contribution in [1.29, 1.82) is 0 Å². The summed E-state index contributed by atoms with van der Waals surface area (Å²) in [5.41, 5.74) is 2.05. The van der Waals surface area contributed by atoms with Gasteiger partial charge in [0.2, 0.25) is 5.78 Å². The van der Waals surface area contributed by atoms with Crippen molar-refractivity contribution in [3.05, 3.63) is 102 Å². The largest absolute Gasteiger partial charge is 0.493 e. The maximum atomic E-state index is 13.0. The smallest absolute Gasteiger partial charge is 0.211 e. The molecule has 4 nitrogen and oxygen atoms in total. The summed E-state index contributed by atoms with van der Waals surface area (Å²) in [4.78, 5) is 17.3. The number of aromatic nitrogens is 1. The van der Waals surface area contributed by atoms with Crippen LogP contribution >= 0.6 is 0 Å². The summed E-state index contributed by atoms with van der Waals surface area (Å²) in [6, 6.07) is 24.6. The number of methoxy groups -OCH3 is 1. The summed E-state index contributed by atoms with van der Waals surface area (Å²) in [6.07, 6.45) is 1.64. The second kappa shape index (κ2) is 7.92. The first-order valence-corrected chi connectivity index (χ1v) is 8.99. The van der Waals surface area contributed by atoms with Gasteiger partial charge >= 0.3 is 0 Å². The number of fused-ring (bicyclic) bond motifs is 1. The van der Waals surface area contributed by atoms with Crippen LogP contribution < -0.4 is 9.47 Å². The third-order valence-electron chi connectivity index (χ3n) is 4.54. The monoisotopic (exact) mass is 369 g/mol. The Balaban J connectivity index is 1.75. The van der Waals surface area contributed by atoms with Crippen LogP contribution in [0, 0.1) is 0 Å². The lowest BCUT2D eigenvalue weighted by Gasteiger charge is -2.13. The number of carbonyl (C=O) groups excluding carboxylic acids is 1. The van der Waals surface area contributed by atoms with E-state index in [4.69, 9.17) is 9.47 Å². The highest BCUT2D eigenvalue weighted by Crippen LogP contribution is 2.34. The Hall–Kier alpha value is -3.66. The van der Waals surface area contributed by atoms with E-state index in [1.54, 1.807) is 25.4 Å². The summed E-state index contributed by atoms with van der Waals surface area (Å²) in [7, 11) is 1.60. The number of hydrogen-bond acceptors (Lipinski definition) is 4. The highest BCUT2D eigenvalue weighted by molar-refractivity contribution is 6.15. The maximum Gasteiger partial charge on any atom is 0.211 e. The summed E-state index contributed by atoms with van der Waals surface area (Å²) in [5.74, 6) is 1.08. The lowest BCUT2D eigenvalue weighted by Crippen LogP contribution is -2.05. The van der Waals surface area contributed by atoms with Crippen molar-refractivity contribution in [2.45, 2.75) is 6.61 Å². The van der Waals surface area contributed by atoms with Gasteiger partial charge in [0.25, 0.3) is 0 Å². The normalized spacial score (nSPS) is 10.6. The van der Waals surface area contributed by atoms with E-state index in [2.05, 4.69) is 4.98 Å². The number of ether oxygens (including phenoxy) is 2. The van der Waals surface area contributed by atoms with Crippen molar-refractivity contribution in [1.82, 2.24) is 4.98 Å². The van der Waals surface area contributed by atoms with E-state index in [1.165, 1.54) is 0 Å². The second-order valence-corrected chi connectivity index (χ2v) is 6.35. The molecule has 138 valence electrons. The number of hydrogen-bond donors (Lipinski definition) is 0. The predicted molar refractivity (Wildman–Crippen MR) is 109 cm³/mol. The molecule has 0 saturated heterocycles. The van der Waals surface area contributed by atoms with Gasteiger partial charge in [0.15, 0.2) is 11.5 Å². The minimum Gasteiger partial charge on any atom is -0.493 e. The number of rotatable bonds is 6. The lowest BCUT2D eigenvalue weighted by molar-refractivity contribution is 0.103. The van der Waals surface area contributed by atoms with Gasteiger partial charge in [-0.3, -0.25) is 9.78 Å². The molecule has 4 rings (SSSR count). The Morgan fingerprint density at radius 3 is 2.32 bits per heavy atom. The van der Waals surface area contributed by atoms with Crippen LogP contribution in [0.2, 0.25) is 0 Å². The van der Waals surface area contributed by atoms with Gasteiger partial charge in [-0.05, 0) is 29.1 Å². The van der Waals surface area contributed by atoms with E-state index < -0.39 is 0 Å². The molecule has 0 bridgehead atoms. The SMILES string of the molecule is COc1cc2ccnc(C(=O)c3ccccc3)c2cc1OCc1ccccc1. The van der Waals surface area contributed by atoms with Gasteiger partial charge < -0.3 is 9.47 Å². The van der Waals surface area contributed by atoms with Gasteiger partial charge in [0.05, 0.1) is 7.11 Å². The molecule has 0 amide bonds. The van der Waals surface area contributed by atoms with Gasteiger partial charge in [0, 0.05) is 17.1 Å². The molecule has 0 unspecified atom stereocenters. The third-order valence-corrected chi connectivity index (χ3v) is 4.54. The Bertz CT molecular complexity index is 1110. The predicted octanol–water partition coefficient (Wildman–Crippen LogP) is 5.05. The fraction of sp³-hybridized carbons (Fsp3) is 0.0833. The van der Waals surface area contributed by atoms with Gasteiger partial charge in [-0.15, -0.1) is 0 Å². The topological polar surface area (TPSA) is 48.4 Å².